The van der Waals surface area contributed by atoms with Crippen LogP contribution in [-0.2, 0) is 17.8 Å². The Morgan fingerprint density at radius 2 is 1.90 bits per heavy atom. The summed E-state index contributed by atoms with van der Waals surface area (Å²) in [4.78, 5) is 25.3. The van der Waals surface area contributed by atoms with Crippen LogP contribution in [0.3, 0.4) is 0 Å². The molecule has 0 saturated carbocycles. The number of carbonyl (C=O) groups excluding carboxylic acids is 1. The summed E-state index contributed by atoms with van der Waals surface area (Å²) in [7, 11) is 0. The summed E-state index contributed by atoms with van der Waals surface area (Å²) >= 11 is 0. The van der Waals surface area contributed by atoms with Gasteiger partial charge >= 0.3 is 5.97 Å². The molecule has 1 saturated heterocycles. The maximum Gasteiger partial charge on any atom is 0.358 e. The van der Waals surface area contributed by atoms with Crippen molar-refractivity contribution in [1.29, 1.82) is 0 Å². The van der Waals surface area contributed by atoms with Crippen molar-refractivity contribution >= 4 is 11.9 Å². The third-order valence-corrected chi connectivity index (χ3v) is 3.64. The van der Waals surface area contributed by atoms with Crippen LogP contribution in [0, 0.1) is 5.92 Å². The molecule has 1 N–H and O–H groups in total. The van der Waals surface area contributed by atoms with Crippen molar-refractivity contribution in [2.75, 3.05) is 13.1 Å². The largest absolute Gasteiger partial charge is 0.476 e. The average molecular weight is 294 g/mol. The fourth-order valence-corrected chi connectivity index (χ4v) is 2.59. The molecule has 1 aliphatic rings. The number of aromatic nitrogens is 3. The van der Waals surface area contributed by atoms with Gasteiger partial charge in [0.05, 0.1) is 5.69 Å². The summed E-state index contributed by atoms with van der Waals surface area (Å²) in [5.74, 6) is -0.839. The van der Waals surface area contributed by atoms with Crippen molar-refractivity contribution in [3.8, 4) is 0 Å². The Bertz CT molecular complexity index is 518. The number of hydrogen-bond acceptors (Lipinski definition) is 4. The molecule has 0 radical (unpaired) electrons. The van der Waals surface area contributed by atoms with Gasteiger partial charge in [-0.25, -0.2) is 9.48 Å². The molecule has 1 aromatic heterocycles. The van der Waals surface area contributed by atoms with E-state index in [9.17, 15) is 9.59 Å². The van der Waals surface area contributed by atoms with Gasteiger partial charge in [-0.3, -0.25) is 4.79 Å². The van der Waals surface area contributed by atoms with Crippen molar-refractivity contribution in [2.45, 2.75) is 46.1 Å². The van der Waals surface area contributed by atoms with Crippen molar-refractivity contribution < 1.29 is 14.7 Å². The highest BCUT2D eigenvalue weighted by Crippen LogP contribution is 2.14. The van der Waals surface area contributed by atoms with Crippen LogP contribution in [0.2, 0.25) is 0 Å². The summed E-state index contributed by atoms with van der Waals surface area (Å²) < 4.78 is 1.44. The number of piperidine rings is 1. The molecule has 1 fully saturated rings. The molecule has 0 aliphatic carbocycles. The van der Waals surface area contributed by atoms with Crippen LogP contribution in [0.4, 0.5) is 0 Å². The third kappa shape index (κ3) is 3.80. The van der Waals surface area contributed by atoms with E-state index in [-0.39, 0.29) is 24.1 Å². The first-order chi connectivity index (χ1) is 9.99. The molecule has 1 aliphatic heterocycles. The molecular weight excluding hydrogens is 272 g/mol. The summed E-state index contributed by atoms with van der Waals surface area (Å²) in [6, 6.07) is 0. The molecular formula is C14H22N4O3. The molecule has 7 nitrogen and oxygen atoms in total. The van der Waals surface area contributed by atoms with Gasteiger partial charge in [-0.2, -0.15) is 0 Å². The SMILES string of the molecule is CC(C)Cc1c(C(=O)O)nnn1CC(=O)N1CCCCC1. The summed E-state index contributed by atoms with van der Waals surface area (Å²) in [5, 5.41) is 16.7. The van der Waals surface area contributed by atoms with E-state index in [0.717, 1.165) is 32.4 Å². The van der Waals surface area contributed by atoms with Gasteiger partial charge in [-0.1, -0.05) is 19.1 Å². The Labute approximate surface area is 123 Å². The van der Waals surface area contributed by atoms with Crippen molar-refractivity contribution in [1.82, 2.24) is 19.9 Å². The van der Waals surface area contributed by atoms with Crippen molar-refractivity contribution in [3.63, 3.8) is 0 Å². The quantitative estimate of drug-likeness (QED) is 0.881. The Morgan fingerprint density at radius 3 is 2.48 bits per heavy atom. The van der Waals surface area contributed by atoms with E-state index in [1.165, 1.54) is 4.68 Å². The zero-order chi connectivity index (χ0) is 15.4. The fraction of sp³-hybridized carbons (Fsp3) is 0.714. The van der Waals surface area contributed by atoms with Crippen LogP contribution in [0.25, 0.3) is 0 Å². The standard InChI is InChI=1S/C14H22N4O3/c1-10(2)8-11-13(14(20)21)15-16-18(11)9-12(19)17-6-4-3-5-7-17/h10H,3-9H2,1-2H3,(H,20,21). The molecule has 0 unspecified atom stereocenters. The number of likely N-dealkylation sites (tertiary alicyclic amines) is 1. The van der Waals surface area contributed by atoms with Crippen molar-refractivity contribution in [2.24, 2.45) is 5.92 Å². The summed E-state index contributed by atoms with van der Waals surface area (Å²) in [6.07, 6.45) is 3.77. The monoisotopic (exact) mass is 294 g/mol. The minimum atomic E-state index is -1.10. The molecule has 7 heteroatoms. The number of carboxylic acids is 1. The second-order valence-electron chi connectivity index (χ2n) is 5.89. The molecule has 0 spiro atoms. The molecule has 2 rings (SSSR count). The second kappa shape index (κ2) is 6.69. The van der Waals surface area contributed by atoms with Crippen LogP contribution in [0.15, 0.2) is 0 Å². The van der Waals surface area contributed by atoms with Crippen molar-refractivity contribution in [3.05, 3.63) is 11.4 Å². The smallest absolute Gasteiger partial charge is 0.358 e. The van der Waals surface area contributed by atoms with Gasteiger partial charge in [0.1, 0.15) is 6.54 Å². The van der Waals surface area contributed by atoms with Crippen LogP contribution in [0.1, 0.15) is 49.3 Å². The van der Waals surface area contributed by atoms with Gasteiger partial charge in [-0.05, 0) is 31.6 Å². The molecule has 0 bridgehead atoms. The number of nitrogens with zero attached hydrogens (tertiary/aromatic N) is 4. The minimum Gasteiger partial charge on any atom is -0.476 e. The average Bonchev–Trinajstić information content (AvgIpc) is 2.82. The second-order valence-corrected chi connectivity index (χ2v) is 5.89. The lowest BCUT2D eigenvalue weighted by molar-refractivity contribution is -0.133. The Morgan fingerprint density at radius 1 is 1.24 bits per heavy atom. The number of aromatic carboxylic acids is 1. The highest BCUT2D eigenvalue weighted by Gasteiger charge is 2.23. The molecule has 1 aromatic rings. The van der Waals surface area contributed by atoms with Gasteiger partial charge < -0.3 is 10.0 Å². The first-order valence-corrected chi connectivity index (χ1v) is 7.42. The number of rotatable bonds is 5. The highest BCUT2D eigenvalue weighted by molar-refractivity contribution is 5.86. The minimum absolute atomic E-state index is 0.0125. The topological polar surface area (TPSA) is 88.3 Å². The van der Waals surface area contributed by atoms with Crippen LogP contribution < -0.4 is 0 Å². The van der Waals surface area contributed by atoms with Crippen LogP contribution in [0.5, 0.6) is 0 Å². The van der Waals surface area contributed by atoms with E-state index >= 15 is 0 Å². The van der Waals surface area contributed by atoms with Crippen LogP contribution in [-0.4, -0.2) is 50.0 Å². The van der Waals surface area contributed by atoms with Gasteiger partial charge in [0.15, 0.2) is 5.69 Å². The molecule has 0 atom stereocenters. The van der Waals surface area contributed by atoms with Gasteiger partial charge in [0, 0.05) is 13.1 Å². The zero-order valence-corrected chi connectivity index (χ0v) is 12.6. The summed E-state index contributed by atoms with van der Waals surface area (Å²) in [6.45, 7) is 5.62. The number of amides is 1. The molecule has 116 valence electrons. The predicted molar refractivity (Wildman–Crippen MR) is 76.0 cm³/mol. The van der Waals surface area contributed by atoms with E-state index < -0.39 is 5.97 Å². The number of hydrogen-bond donors (Lipinski definition) is 1. The maximum absolute atomic E-state index is 12.3. The Balaban J connectivity index is 2.14. The lowest BCUT2D eigenvalue weighted by Crippen LogP contribution is -2.38. The van der Waals surface area contributed by atoms with E-state index in [2.05, 4.69) is 10.3 Å². The molecule has 2 heterocycles. The molecule has 1 amide bonds. The van der Waals surface area contributed by atoms with Crippen LogP contribution >= 0.6 is 0 Å². The van der Waals surface area contributed by atoms with Gasteiger partial charge in [0.2, 0.25) is 5.91 Å². The first-order valence-electron chi connectivity index (χ1n) is 7.42. The van der Waals surface area contributed by atoms with E-state index in [1.54, 1.807) is 0 Å². The normalized spacial score (nSPS) is 15.5. The van der Waals surface area contributed by atoms with Gasteiger partial charge in [0.25, 0.3) is 0 Å². The molecule has 0 aromatic carbocycles. The van der Waals surface area contributed by atoms with E-state index in [0.29, 0.717) is 12.1 Å². The summed E-state index contributed by atoms with van der Waals surface area (Å²) in [5.41, 5.74) is 0.484. The van der Waals surface area contributed by atoms with E-state index in [4.69, 9.17) is 5.11 Å². The first kappa shape index (κ1) is 15.5. The Hall–Kier alpha value is -1.92. The lowest BCUT2D eigenvalue weighted by atomic mass is 10.1. The third-order valence-electron chi connectivity index (χ3n) is 3.64. The van der Waals surface area contributed by atoms with Gasteiger partial charge in [-0.15, -0.1) is 5.10 Å². The van der Waals surface area contributed by atoms with E-state index in [1.807, 2.05) is 18.7 Å². The maximum atomic E-state index is 12.3. The fourth-order valence-electron chi connectivity index (χ4n) is 2.59. The number of carbonyl (C=O) groups is 2. The highest BCUT2D eigenvalue weighted by atomic mass is 16.4. The molecule has 21 heavy (non-hydrogen) atoms. The Kier molecular flexibility index (Phi) is 4.93. The predicted octanol–water partition coefficient (Wildman–Crippen LogP) is 1.19. The zero-order valence-electron chi connectivity index (χ0n) is 12.6. The lowest BCUT2D eigenvalue weighted by Gasteiger charge is -2.26. The number of carboxylic acid groups (broad SMARTS) is 1.